The normalized spacial score (nSPS) is 18.8. The molecule has 0 heterocycles. The van der Waals surface area contributed by atoms with Crippen molar-refractivity contribution < 1.29 is 28.5 Å². The van der Waals surface area contributed by atoms with E-state index in [2.05, 4.69) is 6.58 Å². The summed E-state index contributed by atoms with van der Waals surface area (Å²) in [4.78, 5) is 23.4. The van der Waals surface area contributed by atoms with Crippen LogP contribution in [0.5, 0.6) is 11.5 Å². The zero-order chi connectivity index (χ0) is 21.6. The zero-order valence-electron chi connectivity index (χ0n) is 18.0. The first-order valence-corrected chi connectivity index (χ1v) is 10.9. The van der Waals surface area contributed by atoms with Gasteiger partial charge in [-0.25, -0.2) is 4.79 Å². The number of unbranched alkanes of at least 4 members (excludes halogenated alkanes) is 3. The molecule has 0 aliphatic heterocycles. The van der Waals surface area contributed by atoms with Crippen molar-refractivity contribution >= 4 is 11.9 Å². The Hall–Kier alpha value is -2.34. The van der Waals surface area contributed by atoms with Crippen molar-refractivity contribution in [1.82, 2.24) is 0 Å². The Kier molecular flexibility index (Phi) is 11.0. The van der Waals surface area contributed by atoms with Gasteiger partial charge in [0.2, 0.25) is 0 Å². The number of carbonyl (C=O) groups excluding carboxylic acids is 2. The molecule has 0 spiro atoms. The van der Waals surface area contributed by atoms with Crippen molar-refractivity contribution in [3.05, 3.63) is 36.9 Å². The molecule has 1 saturated carbocycles. The molecule has 0 amide bonds. The Labute approximate surface area is 179 Å². The van der Waals surface area contributed by atoms with E-state index in [1.807, 2.05) is 0 Å². The summed E-state index contributed by atoms with van der Waals surface area (Å²) in [5.41, 5.74) is 0. The molecular formula is C24H34O6. The highest BCUT2D eigenvalue weighted by Crippen LogP contribution is 2.27. The lowest BCUT2D eigenvalue weighted by atomic mass is 10.0. The van der Waals surface area contributed by atoms with Gasteiger partial charge in [0, 0.05) is 12.7 Å². The summed E-state index contributed by atoms with van der Waals surface area (Å²) in [5.74, 6) is 0.701. The van der Waals surface area contributed by atoms with Gasteiger partial charge in [-0.2, -0.15) is 0 Å². The molecule has 1 aliphatic carbocycles. The van der Waals surface area contributed by atoms with E-state index in [1.165, 1.54) is 6.08 Å². The van der Waals surface area contributed by atoms with Gasteiger partial charge in [0.25, 0.3) is 0 Å². The molecule has 0 bridgehead atoms. The molecule has 30 heavy (non-hydrogen) atoms. The standard InChI is InChI=1S/C24H34O6/c1-3-23(25)29-18-7-5-4-6-17-28-21-10-8-9-19(11-12-21)24(26)30-22-15-13-20(27-2)14-16-22/h3,13-16,19,21H,1,4-12,17-18H2,2H3. The second kappa shape index (κ2) is 13.8. The monoisotopic (exact) mass is 418 g/mol. The molecule has 6 nitrogen and oxygen atoms in total. The summed E-state index contributed by atoms with van der Waals surface area (Å²) in [6, 6.07) is 7.08. The number of carbonyl (C=O) groups is 2. The Balaban J connectivity index is 1.58. The van der Waals surface area contributed by atoms with Crippen LogP contribution < -0.4 is 9.47 Å². The molecule has 1 aromatic rings. The second-order valence-electron chi connectivity index (χ2n) is 7.58. The number of hydrogen-bond donors (Lipinski definition) is 0. The van der Waals surface area contributed by atoms with Crippen molar-refractivity contribution in [3.8, 4) is 11.5 Å². The third-order valence-corrected chi connectivity index (χ3v) is 5.33. The predicted molar refractivity (Wildman–Crippen MR) is 115 cm³/mol. The average Bonchev–Trinajstić information content (AvgIpc) is 3.01. The zero-order valence-corrected chi connectivity index (χ0v) is 18.0. The fraction of sp³-hybridized carbons (Fsp3) is 0.583. The highest BCUT2D eigenvalue weighted by molar-refractivity contribution is 5.81. The van der Waals surface area contributed by atoms with Gasteiger partial charge in [0.15, 0.2) is 0 Å². The highest BCUT2D eigenvalue weighted by atomic mass is 16.5. The molecule has 166 valence electrons. The average molecular weight is 419 g/mol. The maximum Gasteiger partial charge on any atom is 0.330 e. The largest absolute Gasteiger partial charge is 0.497 e. The minimum atomic E-state index is -0.363. The van der Waals surface area contributed by atoms with Crippen LogP contribution in [0.1, 0.15) is 57.8 Å². The molecule has 1 aliphatic rings. The van der Waals surface area contributed by atoms with E-state index in [4.69, 9.17) is 18.9 Å². The number of esters is 2. The van der Waals surface area contributed by atoms with E-state index in [0.29, 0.717) is 12.4 Å². The van der Waals surface area contributed by atoms with Gasteiger partial charge in [0.05, 0.1) is 25.7 Å². The molecule has 0 radical (unpaired) electrons. The summed E-state index contributed by atoms with van der Waals surface area (Å²) < 4.78 is 21.6. The smallest absolute Gasteiger partial charge is 0.330 e. The minimum absolute atomic E-state index is 0.0704. The van der Waals surface area contributed by atoms with E-state index >= 15 is 0 Å². The van der Waals surface area contributed by atoms with Crippen LogP contribution in [-0.2, 0) is 19.1 Å². The number of ether oxygens (including phenoxy) is 4. The lowest BCUT2D eigenvalue weighted by Crippen LogP contribution is -2.20. The fourth-order valence-electron chi connectivity index (χ4n) is 3.55. The molecule has 2 atom stereocenters. The molecule has 0 N–H and O–H groups in total. The minimum Gasteiger partial charge on any atom is -0.497 e. The predicted octanol–water partition coefficient (Wildman–Crippen LogP) is 4.86. The van der Waals surface area contributed by atoms with E-state index < -0.39 is 0 Å². The van der Waals surface area contributed by atoms with Crippen LogP contribution in [0.25, 0.3) is 0 Å². The molecule has 1 fully saturated rings. The highest BCUT2D eigenvalue weighted by Gasteiger charge is 2.26. The summed E-state index contributed by atoms with van der Waals surface area (Å²) in [6.45, 7) is 4.55. The van der Waals surface area contributed by atoms with Crippen molar-refractivity contribution in [2.75, 3.05) is 20.3 Å². The van der Waals surface area contributed by atoms with Gasteiger partial charge in [-0.3, -0.25) is 4.79 Å². The van der Waals surface area contributed by atoms with Gasteiger partial charge >= 0.3 is 11.9 Å². The maximum atomic E-state index is 12.5. The summed E-state index contributed by atoms with van der Waals surface area (Å²) in [7, 11) is 1.61. The fourth-order valence-corrected chi connectivity index (χ4v) is 3.55. The van der Waals surface area contributed by atoms with Gasteiger partial charge in [-0.05, 0) is 69.2 Å². The number of benzene rings is 1. The van der Waals surface area contributed by atoms with E-state index in [0.717, 1.165) is 70.1 Å². The van der Waals surface area contributed by atoms with Crippen LogP contribution in [0.15, 0.2) is 36.9 Å². The summed E-state index contributed by atoms with van der Waals surface area (Å²) in [5, 5.41) is 0. The molecule has 1 aromatic carbocycles. The number of hydrogen-bond acceptors (Lipinski definition) is 6. The third kappa shape index (κ3) is 8.99. The second-order valence-corrected chi connectivity index (χ2v) is 7.58. The Morgan fingerprint density at radius 1 is 0.967 bits per heavy atom. The van der Waals surface area contributed by atoms with Crippen molar-refractivity contribution in [3.63, 3.8) is 0 Å². The molecule has 0 saturated heterocycles. The SMILES string of the molecule is C=CC(=O)OCCCCCCOC1CCCC(C(=O)Oc2ccc(OC)cc2)CC1. The first-order valence-electron chi connectivity index (χ1n) is 10.9. The van der Waals surface area contributed by atoms with Crippen LogP contribution in [0.3, 0.4) is 0 Å². The lowest BCUT2D eigenvalue weighted by Gasteiger charge is -2.16. The lowest BCUT2D eigenvalue weighted by molar-refractivity contribution is -0.139. The van der Waals surface area contributed by atoms with Crippen LogP contribution >= 0.6 is 0 Å². The van der Waals surface area contributed by atoms with Gasteiger partial charge in [-0.1, -0.05) is 19.4 Å². The van der Waals surface area contributed by atoms with Crippen molar-refractivity contribution in [2.24, 2.45) is 5.92 Å². The Bertz CT molecular complexity index is 654. The van der Waals surface area contributed by atoms with Crippen LogP contribution in [-0.4, -0.2) is 38.4 Å². The molecular weight excluding hydrogens is 384 g/mol. The van der Waals surface area contributed by atoms with Gasteiger partial charge < -0.3 is 18.9 Å². The first-order chi connectivity index (χ1) is 14.6. The third-order valence-electron chi connectivity index (χ3n) is 5.33. The van der Waals surface area contributed by atoms with E-state index in [-0.39, 0.29) is 24.0 Å². The summed E-state index contributed by atoms with van der Waals surface area (Å²) >= 11 is 0. The summed E-state index contributed by atoms with van der Waals surface area (Å²) in [6.07, 6.45) is 9.82. The first kappa shape index (κ1) is 23.9. The number of methoxy groups -OCH3 is 1. The van der Waals surface area contributed by atoms with E-state index in [9.17, 15) is 9.59 Å². The molecule has 2 rings (SSSR count). The maximum absolute atomic E-state index is 12.5. The van der Waals surface area contributed by atoms with Crippen LogP contribution in [0, 0.1) is 5.92 Å². The van der Waals surface area contributed by atoms with E-state index in [1.54, 1.807) is 31.4 Å². The topological polar surface area (TPSA) is 71.1 Å². The van der Waals surface area contributed by atoms with Crippen molar-refractivity contribution in [1.29, 1.82) is 0 Å². The molecule has 2 unspecified atom stereocenters. The molecule has 6 heteroatoms. The van der Waals surface area contributed by atoms with Crippen molar-refractivity contribution in [2.45, 2.75) is 63.9 Å². The Morgan fingerprint density at radius 3 is 2.37 bits per heavy atom. The quantitative estimate of drug-likeness (QED) is 0.159. The van der Waals surface area contributed by atoms with Crippen LogP contribution in [0.4, 0.5) is 0 Å². The molecule has 0 aromatic heterocycles. The number of rotatable bonds is 12. The Morgan fingerprint density at radius 2 is 1.67 bits per heavy atom. The van der Waals surface area contributed by atoms with Gasteiger partial charge in [-0.15, -0.1) is 0 Å². The van der Waals surface area contributed by atoms with Gasteiger partial charge in [0.1, 0.15) is 11.5 Å². The van der Waals surface area contributed by atoms with Crippen LogP contribution in [0.2, 0.25) is 0 Å².